The molecule has 0 saturated carbocycles. The summed E-state index contributed by atoms with van der Waals surface area (Å²) in [7, 11) is 1.93. The Labute approximate surface area is 143 Å². The number of anilines is 1. The summed E-state index contributed by atoms with van der Waals surface area (Å²) in [5.74, 6) is 1.44. The SMILES string of the molecule is CCCCN(C)C(=O)C1CCN(c2ncnc3ccccc23)CC1. The maximum Gasteiger partial charge on any atom is 0.225 e. The van der Waals surface area contributed by atoms with Gasteiger partial charge in [0.25, 0.3) is 0 Å². The summed E-state index contributed by atoms with van der Waals surface area (Å²) in [6.07, 6.45) is 5.62. The van der Waals surface area contributed by atoms with Crippen molar-refractivity contribution in [3.63, 3.8) is 0 Å². The number of nitrogens with zero attached hydrogens (tertiary/aromatic N) is 4. The number of unbranched alkanes of at least 4 members (excludes halogenated alkanes) is 1. The zero-order chi connectivity index (χ0) is 16.9. The van der Waals surface area contributed by atoms with E-state index in [1.165, 1.54) is 0 Å². The van der Waals surface area contributed by atoms with Crippen LogP contribution in [0, 0.1) is 5.92 Å². The smallest absolute Gasteiger partial charge is 0.225 e. The van der Waals surface area contributed by atoms with Crippen LogP contribution in [0.5, 0.6) is 0 Å². The molecule has 5 nitrogen and oxygen atoms in total. The van der Waals surface area contributed by atoms with Crippen LogP contribution >= 0.6 is 0 Å². The van der Waals surface area contributed by atoms with Crippen molar-refractivity contribution in [1.82, 2.24) is 14.9 Å². The van der Waals surface area contributed by atoms with Crippen LogP contribution in [0.1, 0.15) is 32.6 Å². The van der Waals surface area contributed by atoms with Crippen LogP contribution in [0.4, 0.5) is 5.82 Å². The Morgan fingerprint density at radius 1 is 1.25 bits per heavy atom. The Hall–Kier alpha value is -2.17. The van der Waals surface area contributed by atoms with E-state index in [0.29, 0.717) is 5.91 Å². The number of carbonyl (C=O) groups excluding carboxylic acids is 1. The summed E-state index contributed by atoms with van der Waals surface area (Å²) < 4.78 is 0. The fourth-order valence-electron chi connectivity index (χ4n) is 3.40. The molecule has 1 saturated heterocycles. The summed E-state index contributed by atoms with van der Waals surface area (Å²) in [4.78, 5) is 25.6. The number of aromatic nitrogens is 2. The monoisotopic (exact) mass is 326 g/mol. The predicted molar refractivity (Wildman–Crippen MR) is 97.0 cm³/mol. The molecule has 1 aromatic carbocycles. The molecule has 1 aromatic heterocycles. The van der Waals surface area contributed by atoms with E-state index in [1.807, 2.05) is 30.1 Å². The van der Waals surface area contributed by atoms with E-state index < -0.39 is 0 Å². The summed E-state index contributed by atoms with van der Waals surface area (Å²) in [5.41, 5.74) is 0.972. The lowest BCUT2D eigenvalue weighted by Crippen LogP contribution is -2.41. The van der Waals surface area contributed by atoms with Crippen molar-refractivity contribution in [1.29, 1.82) is 0 Å². The van der Waals surface area contributed by atoms with Gasteiger partial charge in [-0.25, -0.2) is 9.97 Å². The number of piperidine rings is 1. The van der Waals surface area contributed by atoms with E-state index in [2.05, 4.69) is 27.9 Å². The minimum atomic E-state index is 0.149. The highest BCUT2D eigenvalue weighted by Gasteiger charge is 2.28. The summed E-state index contributed by atoms with van der Waals surface area (Å²) in [6.45, 7) is 4.77. The van der Waals surface area contributed by atoms with Crippen molar-refractivity contribution in [3.8, 4) is 0 Å². The third-order valence-corrected chi connectivity index (χ3v) is 4.89. The molecule has 2 aromatic rings. The molecule has 1 aliphatic rings. The van der Waals surface area contributed by atoms with Gasteiger partial charge in [0.15, 0.2) is 0 Å². The molecule has 24 heavy (non-hydrogen) atoms. The van der Waals surface area contributed by atoms with Crippen LogP contribution in [0.15, 0.2) is 30.6 Å². The van der Waals surface area contributed by atoms with E-state index in [4.69, 9.17) is 0 Å². The number of rotatable bonds is 5. The topological polar surface area (TPSA) is 49.3 Å². The molecule has 3 rings (SSSR count). The number of fused-ring (bicyclic) bond motifs is 1. The molecule has 0 unspecified atom stereocenters. The third kappa shape index (κ3) is 3.50. The van der Waals surface area contributed by atoms with Crippen LogP contribution in [0.3, 0.4) is 0 Å². The van der Waals surface area contributed by atoms with Gasteiger partial charge in [-0.2, -0.15) is 0 Å². The maximum atomic E-state index is 12.5. The average Bonchev–Trinajstić information content (AvgIpc) is 2.65. The van der Waals surface area contributed by atoms with Gasteiger partial charge < -0.3 is 9.80 Å². The third-order valence-electron chi connectivity index (χ3n) is 4.89. The normalized spacial score (nSPS) is 15.7. The first-order valence-electron chi connectivity index (χ1n) is 8.90. The molecule has 1 fully saturated rings. The van der Waals surface area contributed by atoms with Gasteiger partial charge in [-0.3, -0.25) is 4.79 Å². The lowest BCUT2D eigenvalue weighted by Gasteiger charge is -2.34. The number of para-hydroxylation sites is 1. The quantitative estimate of drug-likeness (QED) is 0.847. The summed E-state index contributed by atoms with van der Waals surface area (Å²) in [5, 5.41) is 1.09. The highest BCUT2D eigenvalue weighted by molar-refractivity contribution is 5.89. The van der Waals surface area contributed by atoms with Crippen LogP contribution in [-0.2, 0) is 4.79 Å². The molecule has 5 heteroatoms. The second-order valence-electron chi connectivity index (χ2n) is 6.59. The molecule has 0 radical (unpaired) electrons. The number of amides is 1. The molecule has 128 valence electrons. The highest BCUT2D eigenvalue weighted by atomic mass is 16.2. The van der Waals surface area contributed by atoms with E-state index in [-0.39, 0.29) is 5.92 Å². The Bertz CT molecular complexity index is 689. The molecule has 0 N–H and O–H groups in total. The summed E-state index contributed by atoms with van der Waals surface area (Å²) >= 11 is 0. The van der Waals surface area contributed by atoms with Gasteiger partial charge in [-0.1, -0.05) is 25.5 Å². The lowest BCUT2D eigenvalue weighted by molar-refractivity contribution is -0.134. The predicted octanol–water partition coefficient (Wildman–Crippen LogP) is 3.10. The van der Waals surface area contributed by atoms with Crippen molar-refractivity contribution in [2.75, 3.05) is 31.6 Å². The average molecular weight is 326 g/mol. The molecular formula is C19H26N4O. The number of hydrogen-bond donors (Lipinski definition) is 0. The number of hydrogen-bond acceptors (Lipinski definition) is 4. The van der Waals surface area contributed by atoms with Gasteiger partial charge in [0, 0.05) is 38.0 Å². The van der Waals surface area contributed by atoms with Gasteiger partial charge in [0.2, 0.25) is 5.91 Å². The summed E-state index contributed by atoms with van der Waals surface area (Å²) in [6, 6.07) is 8.10. The second-order valence-corrected chi connectivity index (χ2v) is 6.59. The van der Waals surface area contributed by atoms with Crippen molar-refractivity contribution >= 4 is 22.6 Å². The van der Waals surface area contributed by atoms with Gasteiger partial charge in [0.1, 0.15) is 12.1 Å². The zero-order valence-electron chi connectivity index (χ0n) is 14.6. The van der Waals surface area contributed by atoms with E-state index in [0.717, 1.165) is 62.0 Å². The Kier molecular flexibility index (Phi) is 5.28. The molecule has 0 spiro atoms. The maximum absolute atomic E-state index is 12.5. The standard InChI is InChI=1S/C19H26N4O/c1-3-4-11-22(2)19(24)15-9-12-23(13-10-15)18-16-7-5-6-8-17(16)20-14-21-18/h5-8,14-15H,3-4,9-13H2,1-2H3. The molecule has 0 atom stereocenters. The first-order chi connectivity index (χ1) is 11.7. The van der Waals surface area contributed by atoms with Crippen LogP contribution in [0.25, 0.3) is 10.9 Å². The van der Waals surface area contributed by atoms with E-state index in [9.17, 15) is 4.79 Å². The second kappa shape index (κ2) is 7.60. The highest BCUT2D eigenvalue weighted by Crippen LogP contribution is 2.27. The first kappa shape index (κ1) is 16.7. The molecular weight excluding hydrogens is 300 g/mol. The molecule has 1 aliphatic heterocycles. The van der Waals surface area contributed by atoms with Gasteiger partial charge in [0.05, 0.1) is 5.52 Å². The van der Waals surface area contributed by atoms with Gasteiger partial charge in [-0.05, 0) is 31.4 Å². The fourth-order valence-corrected chi connectivity index (χ4v) is 3.40. The Balaban J connectivity index is 1.65. The minimum absolute atomic E-state index is 0.149. The van der Waals surface area contributed by atoms with Crippen molar-refractivity contribution in [2.24, 2.45) is 5.92 Å². The lowest BCUT2D eigenvalue weighted by atomic mass is 9.95. The van der Waals surface area contributed by atoms with E-state index >= 15 is 0 Å². The molecule has 0 aliphatic carbocycles. The Morgan fingerprint density at radius 2 is 2.00 bits per heavy atom. The molecule has 2 heterocycles. The molecule has 0 bridgehead atoms. The Morgan fingerprint density at radius 3 is 2.75 bits per heavy atom. The van der Waals surface area contributed by atoms with E-state index in [1.54, 1.807) is 6.33 Å². The first-order valence-corrected chi connectivity index (χ1v) is 8.90. The van der Waals surface area contributed by atoms with Gasteiger partial charge >= 0.3 is 0 Å². The number of carbonyl (C=O) groups is 1. The minimum Gasteiger partial charge on any atom is -0.356 e. The fraction of sp³-hybridized carbons (Fsp3) is 0.526. The van der Waals surface area contributed by atoms with Crippen LogP contribution < -0.4 is 4.90 Å². The van der Waals surface area contributed by atoms with Crippen LogP contribution in [0.2, 0.25) is 0 Å². The van der Waals surface area contributed by atoms with Crippen molar-refractivity contribution in [2.45, 2.75) is 32.6 Å². The van der Waals surface area contributed by atoms with Crippen molar-refractivity contribution in [3.05, 3.63) is 30.6 Å². The number of benzene rings is 1. The zero-order valence-corrected chi connectivity index (χ0v) is 14.6. The largest absolute Gasteiger partial charge is 0.356 e. The van der Waals surface area contributed by atoms with Crippen molar-refractivity contribution < 1.29 is 4.79 Å². The van der Waals surface area contributed by atoms with Crippen LogP contribution in [-0.4, -0.2) is 47.5 Å². The van der Waals surface area contributed by atoms with Gasteiger partial charge in [-0.15, -0.1) is 0 Å². The molecule has 1 amide bonds.